The van der Waals surface area contributed by atoms with E-state index in [1.54, 1.807) is 30.3 Å². The van der Waals surface area contributed by atoms with Gasteiger partial charge in [0, 0.05) is 20.5 Å². The molecule has 33 heavy (non-hydrogen) atoms. The molecule has 4 rings (SSSR count). The summed E-state index contributed by atoms with van der Waals surface area (Å²) in [6, 6.07) is 19.6. The van der Waals surface area contributed by atoms with E-state index in [0.29, 0.717) is 22.6 Å². The smallest absolute Gasteiger partial charge is 0.283 e. The molecule has 0 bridgehead atoms. The second-order valence-electron chi connectivity index (χ2n) is 7.59. The van der Waals surface area contributed by atoms with Crippen molar-refractivity contribution in [2.75, 3.05) is 15.5 Å². The van der Waals surface area contributed by atoms with Crippen LogP contribution in [0, 0.1) is 17.4 Å². The molecule has 3 aromatic carbocycles. The van der Waals surface area contributed by atoms with E-state index in [9.17, 15) is 14.4 Å². The number of nitrogens with zero attached hydrogens (tertiary/aromatic N) is 1. The van der Waals surface area contributed by atoms with E-state index in [4.69, 9.17) is 11.6 Å². The third-order valence-electron chi connectivity index (χ3n) is 5.15. The zero-order valence-electron chi connectivity index (χ0n) is 17.8. The molecule has 6 nitrogen and oxygen atoms in total. The van der Waals surface area contributed by atoms with E-state index in [1.807, 2.05) is 50.2 Å². The third-order valence-corrected chi connectivity index (χ3v) is 6.22. The first-order valence-electron chi connectivity index (χ1n) is 10.0. The monoisotopic (exact) mass is 571 g/mol. The molecule has 3 amide bonds. The Kier molecular flexibility index (Phi) is 6.53. The molecule has 1 heterocycles. The number of imide groups is 1. The summed E-state index contributed by atoms with van der Waals surface area (Å²) in [5, 5.41) is 5.58. The number of carbonyl (C=O) groups is 3. The van der Waals surface area contributed by atoms with Crippen molar-refractivity contribution >= 4 is 69.0 Å². The van der Waals surface area contributed by atoms with Crippen LogP contribution in [0.1, 0.15) is 21.5 Å². The number of amides is 3. The predicted molar refractivity (Wildman–Crippen MR) is 138 cm³/mol. The van der Waals surface area contributed by atoms with Crippen molar-refractivity contribution in [2.45, 2.75) is 13.8 Å². The lowest BCUT2D eigenvalue weighted by molar-refractivity contribution is -0.120. The maximum absolute atomic E-state index is 13.0. The highest BCUT2D eigenvalue weighted by atomic mass is 127. The molecule has 2 N–H and O–H groups in total. The lowest BCUT2D eigenvalue weighted by Crippen LogP contribution is -2.32. The zero-order chi connectivity index (χ0) is 23.7. The summed E-state index contributed by atoms with van der Waals surface area (Å²) in [7, 11) is 0. The lowest BCUT2D eigenvalue weighted by atomic mass is 10.1. The average molecular weight is 572 g/mol. The largest absolute Gasteiger partial charge is 0.350 e. The van der Waals surface area contributed by atoms with Gasteiger partial charge in [-0.1, -0.05) is 23.7 Å². The van der Waals surface area contributed by atoms with Crippen LogP contribution in [0.3, 0.4) is 0 Å². The van der Waals surface area contributed by atoms with Gasteiger partial charge >= 0.3 is 0 Å². The molecule has 8 heteroatoms. The Labute approximate surface area is 209 Å². The van der Waals surface area contributed by atoms with Gasteiger partial charge in [0.15, 0.2) is 0 Å². The van der Waals surface area contributed by atoms with Gasteiger partial charge in [-0.05, 0) is 102 Å². The Morgan fingerprint density at radius 2 is 1.52 bits per heavy atom. The molecule has 0 spiro atoms. The standard InChI is InChI=1S/C25H19ClIN3O3/c1-14-3-4-15(2)20(13-14)30-24(32)21(26)22(25(30)33)28-18-9-5-16(6-10-18)23(31)29-19-11-7-17(27)8-12-19/h3-13,28H,1-2H3,(H,29,31). The van der Waals surface area contributed by atoms with Crippen molar-refractivity contribution in [1.29, 1.82) is 0 Å². The summed E-state index contributed by atoms with van der Waals surface area (Å²) in [6.45, 7) is 3.72. The van der Waals surface area contributed by atoms with Gasteiger partial charge in [-0.3, -0.25) is 14.4 Å². The van der Waals surface area contributed by atoms with Crippen molar-refractivity contribution in [2.24, 2.45) is 0 Å². The number of nitrogens with one attached hydrogen (secondary N) is 2. The molecule has 1 aliphatic rings. The molecule has 0 saturated carbocycles. The molecule has 0 radical (unpaired) electrons. The van der Waals surface area contributed by atoms with Crippen LogP contribution < -0.4 is 15.5 Å². The molecule has 166 valence electrons. The third kappa shape index (κ3) is 4.79. The fourth-order valence-corrected chi connectivity index (χ4v) is 3.95. The van der Waals surface area contributed by atoms with Crippen LogP contribution in [0.4, 0.5) is 17.1 Å². The first kappa shape index (κ1) is 23.0. The van der Waals surface area contributed by atoms with Gasteiger partial charge in [-0.2, -0.15) is 0 Å². The second-order valence-corrected chi connectivity index (χ2v) is 9.21. The number of carbonyl (C=O) groups excluding carboxylic acids is 3. The van der Waals surface area contributed by atoms with E-state index >= 15 is 0 Å². The van der Waals surface area contributed by atoms with E-state index < -0.39 is 11.8 Å². The fraction of sp³-hybridized carbons (Fsp3) is 0.0800. The molecule has 0 aliphatic carbocycles. The summed E-state index contributed by atoms with van der Waals surface area (Å²) < 4.78 is 1.07. The number of aryl methyl sites for hydroxylation is 2. The van der Waals surface area contributed by atoms with Crippen LogP contribution in [0.5, 0.6) is 0 Å². The first-order valence-corrected chi connectivity index (χ1v) is 11.5. The van der Waals surface area contributed by atoms with Crippen LogP contribution in [-0.4, -0.2) is 17.7 Å². The van der Waals surface area contributed by atoms with Gasteiger partial charge < -0.3 is 10.6 Å². The number of rotatable bonds is 5. The van der Waals surface area contributed by atoms with E-state index in [2.05, 4.69) is 33.2 Å². The lowest BCUT2D eigenvalue weighted by Gasteiger charge is -2.18. The fourth-order valence-electron chi connectivity index (χ4n) is 3.38. The molecule has 0 atom stereocenters. The van der Waals surface area contributed by atoms with Crippen LogP contribution in [0.2, 0.25) is 0 Å². The molecule has 0 unspecified atom stereocenters. The van der Waals surface area contributed by atoms with Crippen molar-refractivity contribution < 1.29 is 14.4 Å². The summed E-state index contributed by atoms with van der Waals surface area (Å²) in [4.78, 5) is 39.3. The molecule has 3 aromatic rings. The van der Waals surface area contributed by atoms with Crippen LogP contribution >= 0.6 is 34.2 Å². The summed E-state index contributed by atoms with van der Waals surface area (Å²) in [5.74, 6) is -1.36. The Balaban J connectivity index is 1.50. The van der Waals surface area contributed by atoms with Gasteiger partial charge in [0.25, 0.3) is 17.7 Å². The highest BCUT2D eigenvalue weighted by Gasteiger charge is 2.39. The van der Waals surface area contributed by atoms with Gasteiger partial charge in [0.2, 0.25) is 0 Å². The average Bonchev–Trinajstić information content (AvgIpc) is 3.00. The van der Waals surface area contributed by atoms with Crippen molar-refractivity contribution in [3.05, 3.63) is 97.7 Å². The molecular formula is C25H19ClIN3O3. The molecule has 0 fully saturated rings. The maximum atomic E-state index is 13.0. The van der Waals surface area contributed by atoms with Gasteiger partial charge in [0.05, 0.1) is 5.69 Å². The quantitative estimate of drug-likeness (QED) is 0.309. The minimum atomic E-state index is -0.577. The molecule has 0 saturated heterocycles. The predicted octanol–water partition coefficient (Wildman–Crippen LogP) is 5.60. The van der Waals surface area contributed by atoms with Gasteiger partial charge in [-0.25, -0.2) is 4.90 Å². The van der Waals surface area contributed by atoms with E-state index in [1.165, 1.54) is 0 Å². The highest BCUT2D eigenvalue weighted by Crippen LogP contribution is 2.32. The Bertz CT molecular complexity index is 1300. The molecule has 1 aliphatic heterocycles. The minimum absolute atomic E-state index is 0.00124. The topological polar surface area (TPSA) is 78.5 Å². The van der Waals surface area contributed by atoms with E-state index in [0.717, 1.165) is 19.6 Å². The number of anilines is 3. The first-order chi connectivity index (χ1) is 15.7. The van der Waals surface area contributed by atoms with E-state index in [-0.39, 0.29) is 16.6 Å². The number of benzene rings is 3. The summed E-state index contributed by atoms with van der Waals surface area (Å²) in [6.07, 6.45) is 0. The SMILES string of the molecule is Cc1ccc(C)c(N2C(=O)C(Cl)=C(Nc3ccc(C(=O)Nc4ccc(I)cc4)cc3)C2=O)c1. The summed E-state index contributed by atoms with van der Waals surface area (Å²) in [5.41, 5.74) is 3.88. The van der Waals surface area contributed by atoms with Gasteiger partial charge in [-0.15, -0.1) is 0 Å². The zero-order valence-corrected chi connectivity index (χ0v) is 20.7. The van der Waals surface area contributed by atoms with Crippen LogP contribution in [0.15, 0.2) is 77.5 Å². The second kappa shape index (κ2) is 9.36. The van der Waals surface area contributed by atoms with Crippen molar-refractivity contribution in [3.8, 4) is 0 Å². The number of halogens is 2. The minimum Gasteiger partial charge on any atom is -0.350 e. The van der Waals surface area contributed by atoms with Crippen molar-refractivity contribution in [3.63, 3.8) is 0 Å². The number of hydrogen-bond acceptors (Lipinski definition) is 4. The Hall–Kier alpha value is -3.17. The maximum Gasteiger partial charge on any atom is 0.283 e. The van der Waals surface area contributed by atoms with Crippen molar-refractivity contribution in [1.82, 2.24) is 0 Å². The molecule has 0 aromatic heterocycles. The summed E-state index contributed by atoms with van der Waals surface area (Å²) >= 11 is 8.43. The Morgan fingerprint density at radius 3 is 2.18 bits per heavy atom. The Morgan fingerprint density at radius 1 is 0.879 bits per heavy atom. The van der Waals surface area contributed by atoms with Gasteiger partial charge in [0.1, 0.15) is 10.7 Å². The van der Waals surface area contributed by atoms with Crippen LogP contribution in [-0.2, 0) is 9.59 Å². The van der Waals surface area contributed by atoms with Crippen LogP contribution in [0.25, 0.3) is 0 Å². The normalized spacial score (nSPS) is 13.5. The molecular weight excluding hydrogens is 553 g/mol. The number of hydrogen-bond donors (Lipinski definition) is 2. The highest BCUT2D eigenvalue weighted by molar-refractivity contribution is 14.1.